The van der Waals surface area contributed by atoms with Crippen molar-refractivity contribution in [3.63, 3.8) is 0 Å². The second-order valence-corrected chi connectivity index (χ2v) is 8.90. The van der Waals surface area contributed by atoms with Crippen LogP contribution in [0.1, 0.15) is 30.5 Å². The van der Waals surface area contributed by atoms with Gasteiger partial charge in [0.2, 0.25) is 0 Å². The van der Waals surface area contributed by atoms with Gasteiger partial charge in [-0.25, -0.2) is 9.97 Å². The molecule has 6 nitrogen and oxygen atoms in total. The molecular formula is C26H33N5OS. The van der Waals surface area contributed by atoms with E-state index in [-0.39, 0.29) is 0 Å². The fourth-order valence-corrected chi connectivity index (χ4v) is 4.60. The fourth-order valence-electron chi connectivity index (χ4n) is 4.26. The highest BCUT2D eigenvalue weighted by atomic mass is 32.2. The van der Waals surface area contributed by atoms with Crippen LogP contribution in [-0.2, 0) is 6.54 Å². The summed E-state index contributed by atoms with van der Waals surface area (Å²) in [5, 5.41) is 4.55. The van der Waals surface area contributed by atoms with Crippen molar-refractivity contribution >= 4 is 23.3 Å². The standard InChI is InChI=1S/C26H33N5OS/c1-4-24(20-8-6-5-7-9-20)27-18-21-19-28-26(33-3)29-25(21)31-16-14-30(15-17-31)22-10-12-23(32-2)13-11-22/h5-13,19,24,27H,4,14-18H2,1-3H3. The van der Waals surface area contributed by atoms with Crippen LogP contribution in [0, 0.1) is 0 Å². The third-order valence-corrected chi connectivity index (χ3v) is 6.73. The molecule has 2 heterocycles. The number of methoxy groups -OCH3 is 1. The Hall–Kier alpha value is -2.77. The van der Waals surface area contributed by atoms with Gasteiger partial charge in [0.25, 0.3) is 0 Å². The van der Waals surface area contributed by atoms with E-state index in [4.69, 9.17) is 9.72 Å². The zero-order valence-corrected chi connectivity index (χ0v) is 20.5. The van der Waals surface area contributed by atoms with Gasteiger partial charge in [-0.15, -0.1) is 0 Å². The molecule has 1 aliphatic rings. The number of rotatable bonds is 9. The number of hydrogen-bond donors (Lipinski definition) is 1. The van der Waals surface area contributed by atoms with Crippen LogP contribution in [0.3, 0.4) is 0 Å². The molecule has 174 valence electrons. The van der Waals surface area contributed by atoms with Gasteiger partial charge in [0.05, 0.1) is 7.11 Å². The molecule has 1 unspecified atom stereocenters. The fraction of sp³-hybridized carbons (Fsp3) is 0.385. The van der Waals surface area contributed by atoms with Gasteiger partial charge in [-0.2, -0.15) is 0 Å². The first-order valence-electron chi connectivity index (χ1n) is 11.5. The predicted molar refractivity (Wildman–Crippen MR) is 138 cm³/mol. The van der Waals surface area contributed by atoms with Gasteiger partial charge in [-0.05, 0) is 42.5 Å². The first kappa shape index (κ1) is 23.4. The lowest BCUT2D eigenvalue weighted by Gasteiger charge is -2.37. The molecule has 1 fully saturated rings. The summed E-state index contributed by atoms with van der Waals surface area (Å²) < 4.78 is 5.29. The van der Waals surface area contributed by atoms with Crippen LogP contribution in [0.5, 0.6) is 5.75 Å². The molecule has 0 amide bonds. The lowest BCUT2D eigenvalue weighted by Crippen LogP contribution is -2.47. The largest absolute Gasteiger partial charge is 0.497 e. The molecule has 1 saturated heterocycles. The molecule has 0 saturated carbocycles. The van der Waals surface area contributed by atoms with Crippen LogP contribution in [-0.4, -0.2) is 49.5 Å². The Balaban J connectivity index is 1.45. The number of ether oxygens (including phenoxy) is 1. The minimum absolute atomic E-state index is 0.311. The van der Waals surface area contributed by atoms with E-state index < -0.39 is 0 Å². The second-order valence-electron chi connectivity index (χ2n) is 8.13. The summed E-state index contributed by atoms with van der Waals surface area (Å²) >= 11 is 1.59. The second kappa shape index (κ2) is 11.4. The number of benzene rings is 2. The molecule has 1 aromatic heterocycles. The highest BCUT2D eigenvalue weighted by Crippen LogP contribution is 2.26. The summed E-state index contributed by atoms with van der Waals surface area (Å²) in [5.41, 5.74) is 3.70. The molecule has 0 radical (unpaired) electrons. The number of hydrogen-bond acceptors (Lipinski definition) is 7. The first-order chi connectivity index (χ1) is 16.2. The number of aromatic nitrogens is 2. The average Bonchev–Trinajstić information content (AvgIpc) is 2.90. The quantitative estimate of drug-likeness (QED) is 0.362. The number of nitrogens with one attached hydrogen (secondary N) is 1. The number of piperazine rings is 1. The van der Waals surface area contributed by atoms with Crippen LogP contribution < -0.4 is 19.9 Å². The maximum absolute atomic E-state index is 5.29. The van der Waals surface area contributed by atoms with Crippen molar-refractivity contribution in [1.29, 1.82) is 0 Å². The normalized spacial score (nSPS) is 14.9. The molecule has 4 rings (SSSR count). The van der Waals surface area contributed by atoms with E-state index in [0.717, 1.165) is 61.4 Å². The Bertz CT molecular complexity index is 1010. The Labute approximate surface area is 201 Å². The predicted octanol–water partition coefficient (Wildman–Crippen LogP) is 4.77. The third-order valence-electron chi connectivity index (χ3n) is 6.17. The molecule has 1 aliphatic heterocycles. The summed E-state index contributed by atoms with van der Waals surface area (Å²) in [6, 6.07) is 19.3. The Morgan fingerprint density at radius 3 is 2.33 bits per heavy atom. The topological polar surface area (TPSA) is 53.5 Å². The molecule has 1 atom stereocenters. The van der Waals surface area contributed by atoms with Crippen molar-refractivity contribution < 1.29 is 4.74 Å². The van der Waals surface area contributed by atoms with Gasteiger partial charge in [-0.1, -0.05) is 49.0 Å². The highest BCUT2D eigenvalue weighted by molar-refractivity contribution is 7.98. The van der Waals surface area contributed by atoms with E-state index >= 15 is 0 Å². The Morgan fingerprint density at radius 1 is 1.00 bits per heavy atom. The van der Waals surface area contributed by atoms with Gasteiger partial charge < -0.3 is 19.9 Å². The van der Waals surface area contributed by atoms with E-state index in [1.165, 1.54) is 11.3 Å². The van der Waals surface area contributed by atoms with Crippen molar-refractivity contribution in [2.45, 2.75) is 31.1 Å². The Morgan fingerprint density at radius 2 is 1.70 bits per heavy atom. The van der Waals surface area contributed by atoms with Crippen LogP contribution >= 0.6 is 11.8 Å². The summed E-state index contributed by atoms with van der Waals surface area (Å²) in [6.45, 7) is 6.74. The minimum atomic E-state index is 0.311. The zero-order chi connectivity index (χ0) is 23.0. The van der Waals surface area contributed by atoms with Crippen molar-refractivity contribution in [2.75, 3.05) is 49.3 Å². The third kappa shape index (κ3) is 5.78. The molecule has 33 heavy (non-hydrogen) atoms. The van der Waals surface area contributed by atoms with Gasteiger partial charge >= 0.3 is 0 Å². The van der Waals surface area contributed by atoms with Crippen molar-refractivity contribution in [3.8, 4) is 5.75 Å². The smallest absolute Gasteiger partial charge is 0.189 e. The molecule has 1 N–H and O–H groups in total. The SMILES string of the molecule is CCC(NCc1cnc(SC)nc1N1CCN(c2ccc(OC)cc2)CC1)c1ccccc1. The van der Waals surface area contributed by atoms with Crippen molar-refractivity contribution in [1.82, 2.24) is 15.3 Å². The van der Waals surface area contributed by atoms with E-state index in [1.807, 2.05) is 24.6 Å². The molecule has 7 heteroatoms. The maximum atomic E-state index is 5.29. The molecule has 0 spiro atoms. The van der Waals surface area contributed by atoms with Gasteiger partial charge in [0.15, 0.2) is 5.16 Å². The number of nitrogens with zero attached hydrogens (tertiary/aromatic N) is 4. The number of anilines is 2. The lowest BCUT2D eigenvalue weighted by molar-refractivity contribution is 0.415. The summed E-state index contributed by atoms with van der Waals surface area (Å²) in [4.78, 5) is 14.3. The van der Waals surface area contributed by atoms with E-state index in [2.05, 4.69) is 69.5 Å². The van der Waals surface area contributed by atoms with Gasteiger partial charge in [-0.3, -0.25) is 0 Å². The maximum Gasteiger partial charge on any atom is 0.189 e. The molecular weight excluding hydrogens is 430 g/mol. The van der Waals surface area contributed by atoms with Crippen LogP contribution in [0.2, 0.25) is 0 Å². The van der Waals surface area contributed by atoms with Crippen molar-refractivity contribution in [3.05, 3.63) is 71.9 Å². The molecule has 2 aromatic carbocycles. The van der Waals surface area contributed by atoms with Crippen LogP contribution in [0.4, 0.5) is 11.5 Å². The minimum Gasteiger partial charge on any atom is -0.497 e. The van der Waals surface area contributed by atoms with E-state index in [1.54, 1.807) is 18.9 Å². The first-order valence-corrected chi connectivity index (χ1v) is 12.8. The lowest BCUT2D eigenvalue weighted by atomic mass is 10.0. The molecule has 3 aromatic rings. The zero-order valence-electron chi connectivity index (χ0n) is 19.7. The van der Waals surface area contributed by atoms with E-state index in [9.17, 15) is 0 Å². The molecule has 0 aliphatic carbocycles. The van der Waals surface area contributed by atoms with E-state index in [0.29, 0.717) is 6.04 Å². The van der Waals surface area contributed by atoms with Crippen LogP contribution in [0.15, 0.2) is 66.0 Å². The summed E-state index contributed by atoms with van der Waals surface area (Å²) in [6.07, 6.45) is 5.06. The van der Waals surface area contributed by atoms with Crippen LogP contribution in [0.25, 0.3) is 0 Å². The monoisotopic (exact) mass is 463 g/mol. The molecule has 0 bridgehead atoms. The Kier molecular flexibility index (Phi) is 8.07. The average molecular weight is 464 g/mol. The van der Waals surface area contributed by atoms with Gasteiger partial charge in [0, 0.05) is 56.2 Å². The summed E-state index contributed by atoms with van der Waals surface area (Å²) in [5.74, 6) is 1.94. The summed E-state index contributed by atoms with van der Waals surface area (Å²) in [7, 11) is 1.70. The van der Waals surface area contributed by atoms with Crippen molar-refractivity contribution in [2.24, 2.45) is 0 Å². The number of thioether (sulfide) groups is 1. The van der Waals surface area contributed by atoms with Gasteiger partial charge in [0.1, 0.15) is 11.6 Å². The highest BCUT2D eigenvalue weighted by Gasteiger charge is 2.22.